The second kappa shape index (κ2) is 7.08. The quantitative estimate of drug-likeness (QED) is 0.391. The van der Waals surface area contributed by atoms with Gasteiger partial charge >= 0.3 is 0 Å². The zero-order chi connectivity index (χ0) is 20.7. The highest BCUT2D eigenvalue weighted by atomic mass is 16.6. The Morgan fingerprint density at radius 2 is 1.48 bits per heavy atom. The third-order valence-corrected chi connectivity index (χ3v) is 5.13. The van der Waals surface area contributed by atoms with Crippen molar-refractivity contribution in [2.75, 3.05) is 6.61 Å². The number of amides is 2. The van der Waals surface area contributed by atoms with Crippen LogP contribution in [0.1, 0.15) is 32.4 Å². The highest BCUT2D eigenvalue weighted by Gasteiger charge is 2.40. The molecule has 2 amide bonds. The monoisotopic (exact) mass is 392 g/mol. The van der Waals surface area contributed by atoms with Crippen molar-refractivity contribution in [2.45, 2.75) is 12.1 Å². The van der Waals surface area contributed by atoms with Gasteiger partial charge in [0.2, 0.25) is 0 Å². The molecule has 1 heterocycles. The Balaban J connectivity index is 1.75. The number of hydrogen-bond donors (Lipinski definition) is 2. The van der Waals surface area contributed by atoms with Gasteiger partial charge in [0.25, 0.3) is 17.5 Å². The van der Waals surface area contributed by atoms with Gasteiger partial charge in [0.1, 0.15) is 6.10 Å². The van der Waals surface area contributed by atoms with Crippen molar-refractivity contribution in [3.8, 4) is 0 Å². The molecule has 1 aliphatic rings. The number of nitrogens with zero attached hydrogens (tertiary/aromatic N) is 2. The van der Waals surface area contributed by atoms with Gasteiger partial charge in [-0.05, 0) is 35.2 Å². The summed E-state index contributed by atoms with van der Waals surface area (Å²) in [5.74, 6) is -1.22. The molecule has 0 fully saturated rings. The fourth-order valence-electron chi connectivity index (χ4n) is 3.69. The maximum Gasteiger partial charge on any atom is 0.269 e. The number of non-ortho nitro benzene ring substituents is 1. The molecule has 2 N–H and O–H groups in total. The minimum atomic E-state index is -1.42. The first-order chi connectivity index (χ1) is 13.9. The Morgan fingerprint density at radius 3 is 1.97 bits per heavy atom. The number of imide groups is 1. The van der Waals surface area contributed by atoms with E-state index in [9.17, 15) is 29.9 Å². The predicted molar refractivity (Wildman–Crippen MR) is 103 cm³/mol. The van der Waals surface area contributed by atoms with Crippen LogP contribution in [0.3, 0.4) is 0 Å². The smallest absolute Gasteiger partial charge is 0.269 e. The Morgan fingerprint density at radius 1 is 0.931 bits per heavy atom. The van der Waals surface area contributed by atoms with E-state index in [1.54, 1.807) is 36.4 Å². The van der Waals surface area contributed by atoms with Crippen LogP contribution in [0.2, 0.25) is 0 Å². The van der Waals surface area contributed by atoms with Gasteiger partial charge in [-0.25, -0.2) is 0 Å². The van der Waals surface area contributed by atoms with E-state index in [0.29, 0.717) is 16.5 Å². The van der Waals surface area contributed by atoms with Gasteiger partial charge in [-0.2, -0.15) is 0 Å². The lowest BCUT2D eigenvalue weighted by molar-refractivity contribution is -0.384. The van der Waals surface area contributed by atoms with E-state index in [0.717, 1.165) is 10.3 Å². The van der Waals surface area contributed by atoms with E-state index in [1.807, 2.05) is 0 Å². The molecule has 1 aliphatic heterocycles. The predicted octanol–water partition coefficient (Wildman–Crippen LogP) is 2.44. The number of benzene rings is 3. The Bertz CT molecular complexity index is 1090. The molecule has 0 spiro atoms. The summed E-state index contributed by atoms with van der Waals surface area (Å²) in [5.41, 5.74) is 0.707. The van der Waals surface area contributed by atoms with Crippen LogP contribution in [0.15, 0.2) is 60.7 Å². The molecule has 0 unspecified atom stereocenters. The standard InChI is InChI=1S/C21H16N2O6/c24-11-17(19(25)13-7-9-14(10-8-13)23(28)29)22-20(26)15-5-1-3-12-4-2-6-16(18(12)15)21(22)27/h1-10,17,19,24-25H,11H2/t17-,19-/m0/s1. The van der Waals surface area contributed by atoms with Crippen LogP contribution in [0, 0.1) is 10.1 Å². The summed E-state index contributed by atoms with van der Waals surface area (Å²) in [6.07, 6.45) is -1.42. The molecular formula is C21H16N2O6. The minimum absolute atomic E-state index is 0.160. The molecule has 0 saturated carbocycles. The second-order valence-electron chi connectivity index (χ2n) is 6.73. The summed E-state index contributed by atoms with van der Waals surface area (Å²) in [6.45, 7) is -0.673. The van der Waals surface area contributed by atoms with E-state index in [-0.39, 0.29) is 11.3 Å². The van der Waals surface area contributed by atoms with Crippen molar-refractivity contribution in [3.63, 3.8) is 0 Å². The highest BCUT2D eigenvalue weighted by Crippen LogP contribution is 2.33. The molecule has 8 nitrogen and oxygen atoms in total. The number of hydrogen-bond acceptors (Lipinski definition) is 6. The lowest BCUT2D eigenvalue weighted by atomic mass is 9.91. The van der Waals surface area contributed by atoms with Crippen LogP contribution in [-0.4, -0.2) is 44.5 Å². The molecule has 0 bridgehead atoms. The van der Waals surface area contributed by atoms with E-state index in [2.05, 4.69) is 0 Å². The van der Waals surface area contributed by atoms with Crippen molar-refractivity contribution >= 4 is 28.3 Å². The number of nitro benzene ring substituents is 1. The zero-order valence-electron chi connectivity index (χ0n) is 15.1. The minimum Gasteiger partial charge on any atom is -0.394 e. The molecule has 4 rings (SSSR count). The van der Waals surface area contributed by atoms with Crippen LogP contribution < -0.4 is 0 Å². The number of rotatable bonds is 5. The number of nitro groups is 1. The SMILES string of the molecule is O=C1c2cccc3cccc(c23)C(=O)N1[C@@H](CO)[C@@H](O)c1ccc([N+](=O)[O-])cc1. The molecular weight excluding hydrogens is 376 g/mol. The molecule has 0 radical (unpaired) electrons. The van der Waals surface area contributed by atoms with Gasteiger partial charge in [0.05, 0.1) is 17.6 Å². The van der Waals surface area contributed by atoms with E-state index < -0.39 is 35.5 Å². The molecule has 3 aromatic carbocycles. The second-order valence-corrected chi connectivity index (χ2v) is 6.73. The van der Waals surface area contributed by atoms with Crippen molar-refractivity contribution < 1.29 is 24.7 Å². The molecule has 29 heavy (non-hydrogen) atoms. The summed E-state index contributed by atoms with van der Waals surface area (Å²) >= 11 is 0. The molecule has 8 heteroatoms. The normalized spacial score (nSPS) is 15.4. The summed E-state index contributed by atoms with van der Waals surface area (Å²) in [4.78, 5) is 37.3. The average Bonchev–Trinajstić information content (AvgIpc) is 2.74. The van der Waals surface area contributed by atoms with Crippen molar-refractivity contribution in [3.05, 3.63) is 87.5 Å². The number of aliphatic hydroxyl groups excluding tert-OH is 2. The van der Waals surface area contributed by atoms with Crippen molar-refractivity contribution in [1.82, 2.24) is 4.90 Å². The van der Waals surface area contributed by atoms with E-state index in [4.69, 9.17) is 0 Å². The fourth-order valence-corrected chi connectivity index (χ4v) is 3.69. The van der Waals surface area contributed by atoms with Crippen LogP contribution in [0.25, 0.3) is 10.8 Å². The summed E-state index contributed by atoms with van der Waals surface area (Å²) in [7, 11) is 0. The van der Waals surface area contributed by atoms with Crippen molar-refractivity contribution in [2.24, 2.45) is 0 Å². The van der Waals surface area contributed by atoms with Crippen LogP contribution in [0.5, 0.6) is 0 Å². The zero-order valence-corrected chi connectivity index (χ0v) is 15.1. The molecule has 2 atom stereocenters. The first kappa shape index (κ1) is 18.7. The molecule has 146 valence electrons. The van der Waals surface area contributed by atoms with E-state index >= 15 is 0 Å². The molecule has 3 aromatic rings. The number of carbonyl (C=O) groups excluding carboxylic acids is 2. The Hall–Kier alpha value is -3.62. The molecule has 0 aliphatic carbocycles. The van der Waals surface area contributed by atoms with Gasteiger partial charge in [0.15, 0.2) is 0 Å². The number of carbonyl (C=O) groups is 2. The maximum atomic E-state index is 13.1. The fraction of sp³-hybridized carbons (Fsp3) is 0.143. The molecule has 0 aromatic heterocycles. The van der Waals surface area contributed by atoms with Crippen LogP contribution in [0.4, 0.5) is 5.69 Å². The van der Waals surface area contributed by atoms with Gasteiger partial charge in [-0.15, -0.1) is 0 Å². The highest BCUT2D eigenvalue weighted by molar-refractivity contribution is 6.25. The first-order valence-corrected chi connectivity index (χ1v) is 8.87. The van der Waals surface area contributed by atoms with Gasteiger partial charge in [-0.3, -0.25) is 24.6 Å². The van der Waals surface area contributed by atoms with Gasteiger partial charge in [-0.1, -0.05) is 24.3 Å². The van der Waals surface area contributed by atoms with Crippen LogP contribution >= 0.6 is 0 Å². The lowest BCUT2D eigenvalue weighted by Gasteiger charge is -2.35. The van der Waals surface area contributed by atoms with Crippen molar-refractivity contribution in [1.29, 1.82) is 0 Å². The Labute approximate surface area is 164 Å². The third-order valence-electron chi connectivity index (χ3n) is 5.13. The largest absolute Gasteiger partial charge is 0.394 e. The third kappa shape index (κ3) is 2.95. The summed E-state index contributed by atoms with van der Waals surface area (Å²) in [6, 6.07) is 14.0. The summed E-state index contributed by atoms with van der Waals surface area (Å²) < 4.78 is 0. The summed E-state index contributed by atoms with van der Waals surface area (Å²) in [5, 5.41) is 32.8. The maximum absolute atomic E-state index is 13.1. The van der Waals surface area contributed by atoms with Gasteiger partial charge in [0, 0.05) is 28.6 Å². The first-order valence-electron chi connectivity index (χ1n) is 8.87. The van der Waals surface area contributed by atoms with Crippen LogP contribution in [-0.2, 0) is 0 Å². The Kier molecular flexibility index (Phi) is 4.57. The average molecular weight is 392 g/mol. The lowest BCUT2D eigenvalue weighted by Crippen LogP contribution is -2.51. The van der Waals surface area contributed by atoms with Gasteiger partial charge < -0.3 is 10.2 Å². The topological polar surface area (TPSA) is 121 Å². The molecule has 0 saturated heterocycles. The number of aliphatic hydroxyl groups is 2. The van der Waals surface area contributed by atoms with E-state index in [1.165, 1.54) is 24.3 Å².